The van der Waals surface area contributed by atoms with Gasteiger partial charge in [0.25, 0.3) is 10.2 Å². The Labute approximate surface area is 95.8 Å². The molecule has 1 saturated heterocycles. The van der Waals surface area contributed by atoms with Gasteiger partial charge in [-0.25, -0.2) is 0 Å². The van der Waals surface area contributed by atoms with Crippen molar-refractivity contribution < 1.29 is 18.3 Å². The summed E-state index contributed by atoms with van der Waals surface area (Å²) in [7, 11) is -3.68. The van der Waals surface area contributed by atoms with E-state index >= 15 is 0 Å². The van der Waals surface area contributed by atoms with Gasteiger partial charge in [0.15, 0.2) is 0 Å². The number of nitrogens with one attached hydrogen (secondary N) is 1. The van der Waals surface area contributed by atoms with Crippen molar-refractivity contribution >= 4 is 16.2 Å². The summed E-state index contributed by atoms with van der Waals surface area (Å²) in [4.78, 5) is 10.8. The van der Waals surface area contributed by atoms with E-state index in [1.165, 1.54) is 18.2 Å². The van der Waals surface area contributed by atoms with Crippen molar-refractivity contribution in [3.63, 3.8) is 0 Å². The quantitative estimate of drug-likeness (QED) is 0.744. The lowest BCUT2D eigenvalue weighted by atomic mass is 10.1. The highest BCUT2D eigenvalue weighted by Gasteiger charge is 2.35. The van der Waals surface area contributed by atoms with Gasteiger partial charge >= 0.3 is 5.97 Å². The Bertz CT molecular complexity index is 358. The minimum atomic E-state index is -3.68. The Morgan fingerprint density at radius 3 is 2.19 bits per heavy atom. The van der Waals surface area contributed by atoms with E-state index in [0.717, 1.165) is 19.3 Å². The molecule has 2 N–H and O–H groups in total. The van der Waals surface area contributed by atoms with E-state index in [1.54, 1.807) is 0 Å². The van der Waals surface area contributed by atoms with Crippen LogP contribution in [0.2, 0.25) is 0 Å². The number of carbonyl (C=O) groups is 1. The standard InChI is InChI=1S/C9H18N2O4S/c1-9(2,8(12)13)10-16(14,15)11-6-4-3-5-7-11/h10H,3-7H2,1-2H3,(H,12,13). The second-order valence-corrected chi connectivity index (χ2v) is 6.17. The third kappa shape index (κ3) is 3.16. The van der Waals surface area contributed by atoms with Gasteiger partial charge in [0, 0.05) is 13.1 Å². The van der Waals surface area contributed by atoms with E-state index in [0.29, 0.717) is 13.1 Å². The molecule has 0 aromatic heterocycles. The van der Waals surface area contributed by atoms with Crippen LogP contribution in [0.3, 0.4) is 0 Å². The molecule has 0 radical (unpaired) electrons. The summed E-state index contributed by atoms with van der Waals surface area (Å²) in [6.45, 7) is 3.59. The molecule has 0 aromatic carbocycles. The van der Waals surface area contributed by atoms with Crippen molar-refractivity contribution in [3.05, 3.63) is 0 Å². The molecule has 1 aliphatic rings. The molecule has 16 heavy (non-hydrogen) atoms. The van der Waals surface area contributed by atoms with Crippen molar-refractivity contribution in [1.82, 2.24) is 9.03 Å². The molecular weight excluding hydrogens is 232 g/mol. The first kappa shape index (κ1) is 13.4. The normalized spacial score (nSPS) is 19.6. The van der Waals surface area contributed by atoms with Crippen LogP contribution in [0, 0.1) is 0 Å². The number of carboxylic acid groups (broad SMARTS) is 1. The fraction of sp³-hybridized carbons (Fsp3) is 0.889. The van der Waals surface area contributed by atoms with E-state index in [-0.39, 0.29) is 0 Å². The lowest BCUT2D eigenvalue weighted by Gasteiger charge is -2.29. The molecule has 1 fully saturated rings. The molecule has 0 bridgehead atoms. The van der Waals surface area contributed by atoms with Gasteiger partial charge in [0.2, 0.25) is 0 Å². The maximum Gasteiger partial charge on any atom is 0.324 e. The first-order valence-electron chi connectivity index (χ1n) is 5.28. The lowest BCUT2D eigenvalue weighted by Crippen LogP contribution is -2.55. The number of rotatable bonds is 4. The molecule has 0 aromatic rings. The van der Waals surface area contributed by atoms with E-state index in [2.05, 4.69) is 4.72 Å². The third-order valence-electron chi connectivity index (χ3n) is 2.57. The van der Waals surface area contributed by atoms with Crippen LogP contribution in [-0.4, -0.2) is 42.4 Å². The van der Waals surface area contributed by atoms with Crippen LogP contribution in [0.15, 0.2) is 0 Å². The number of nitrogens with zero attached hydrogens (tertiary/aromatic N) is 1. The molecule has 0 amide bonds. The maximum atomic E-state index is 11.9. The first-order chi connectivity index (χ1) is 7.26. The fourth-order valence-electron chi connectivity index (χ4n) is 1.54. The van der Waals surface area contributed by atoms with Crippen LogP contribution in [0.1, 0.15) is 33.1 Å². The lowest BCUT2D eigenvalue weighted by molar-refractivity contribution is -0.142. The Morgan fingerprint density at radius 2 is 1.75 bits per heavy atom. The van der Waals surface area contributed by atoms with Gasteiger partial charge in [0.05, 0.1) is 0 Å². The van der Waals surface area contributed by atoms with Gasteiger partial charge in [0.1, 0.15) is 5.54 Å². The fourth-order valence-corrected chi connectivity index (χ4v) is 3.14. The minimum absolute atomic E-state index is 0.463. The summed E-state index contributed by atoms with van der Waals surface area (Å²) in [5.41, 5.74) is -1.48. The maximum absolute atomic E-state index is 11.9. The van der Waals surface area contributed by atoms with E-state index in [1.807, 2.05) is 0 Å². The van der Waals surface area contributed by atoms with Gasteiger partial charge < -0.3 is 5.11 Å². The summed E-state index contributed by atoms with van der Waals surface area (Å²) < 4.78 is 27.2. The molecule has 0 aliphatic carbocycles. The summed E-state index contributed by atoms with van der Waals surface area (Å²) in [6.07, 6.45) is 2.68. The number of hydrogen-bond donors (Lipinski definition) is 2. The van der Waals surface area contributed by atoms with Gasteiger partial charge in [-0.2, -0.15) is 17.4 Å². The van der Waals surface area contributed by atoms with Crippen LogP contribution < -0.4 is 4.72 Å². The molecule has 1 aliphatic heterocycles. The summed E-state index contributed by atoms with van der Waals surface area (Å²) in [6, 6.07) is 0. The summed E-state index contributed by atoms with van der Waals surface area (Å²) in [5.74, 6) is -1.19. The van der Waals surface area contributed by atoms with Crippen LogP contribution in [0.25, 0.3) is 0 Å². The number of hydrogen-bond acceptors (Lipinski definition) is 3. The molecular formula is C9H18N2O4S. The van der Waals surface area contributed by atoms with Crippen molar-refractivity contribution in [1.29, 1.82) is 0 Å². The van der Waals surface area contributed by atoms with Crippen LogP contribution in [0.4, 0.5) is 0 Å². The molecule has 7 heteroatoms. The Kier molecular flexibility index (Phi) is 3.92. The molecule has 1 heterocycles. The second kappa shape index (κ2) is 4.68. The van der Waals surface area contributed by atoms with Crippen LogP contribution in [0.5, 0.6) is 0 Å². The summed E-state index contributed by atoms with van der Waals surface area (Å²) >= 11 is 0. The zero-order chi connectivity index (χ0) is 12.4. The third-order valence-corrected chi connectivity index (χ3v) is 4.39. The predicted octanol–water partition coefficient (Wildman–Crippen LogP) is 0.170. The highest BCUT2D eigenvalue weighted by Crippen LogP contribution is 2.14. The Balaban J connectivity index is 2.74. The zero-order valence-corrected chi connectivity index (χ0v) is 10.4. The minimum Gasteiger partial charge on any atom is -0.480 e. The van der Waals surface area contributed by atoms with Gasteiger partial charge in [-0.3, -0.25) is 4.79 Å². The largest absolute Gasteiger partial charge is 0.480 e. The van der Waals surface area contributed by atoms with Crippen molar-refractivity contribution in [3.8, 4) is 0 Å². The SMILES string of the molecule is CC(C)(NS(=O)(=O)N1CCCCC1)C(=O)O. The highest BCUT2D eigenvalue weighted by molar-refractivity contribution is 7.87. The molecule has 94 valence electrons. The van der Waals surface area contributed by atoms with Crippen molar-refractivity contribution in [2.45, 2.75) is 38.6 Å². The second-order valence-electron chi connectivity index (χ2n) is 4.50. The molecule has 1 rings (SSSR count). The van der Waals surface area contributed by atoms with Gasteiger partial charge in [-0.15, -0.1) is 0 Å². The smallest absolute Gasteiger partial charge is 0.324 e. The highest BCUT2D eigenvalue weighted by atomic mass is 32.2. The monoisotopic (exact) mass is 250 g/mol. The molecule has 0 saturated carbocycles. The molecule has 0 unspecified atom stereocenters. The van der Waals surface area contributed by atoms with E-state index in [4.69, 9.17) is 5.11 Å². The number of carboxylic acids is 1. The van der Waals surface area contributed by atoms with Gasteiger partial charge in [-0.05, 0) is 26.7 Å². The van der Waals surface area contributed by atoms with E-state index in [9.17, 15) is 13.2 Å². The average molecular weight is 250 g/mol. The molecule has 6 nitrogen and oxygen atoms in total. The van der Waals surface area contributed by atoms with Crippen LogP contribution >= 0.6 is 0 Å². The topological polar surface area (TPSA) is 86.7 Å². The molecule has 0 atom stereocenters. The molecule has 0 spiro atoms. The number of piperidine rings is 1. The number of aliphatic carboxylic acids is 1. The van der Waals surface area contributed by atoms with Crippen molar-refractivity contribution in [2.24, 2.45) is 0 Å². The van der Waals surface area contributed by atoms with Crippen LogP contribution in [-0.2, 0) is 15.0 Å². The summed E-state index contributed by atoms with van der Waals surface area (Å²) in [5, 5.41) is 8.86. The van der Waals surface area contributed by atoms with Crippen molar-refractivity contribution in [2.75, 3.05) is 13.1 Å². The average Bonchev–Trinajstić information content (AvgIpc) is 2.17. The zero-order valence-electron chi connectivity index (χ0n) is 9.56. The Hall–Kier alpha value is -0.660. The predicted molar refractivity (Wildman–Crippen MR) is 59.2 cm³/mol. The first-order valence-corrected chi connectivity index (χ1v) is 6.72. The Morgan fingerprint density at radius 1 is 1.25 bits per heavy atom. The van der Waals surface area contributed by atoms with E-state index < -0.39 is 21.7 Å². The van der Waals surface area contributed by atoms with Gasteiger partial charge in [-0.1, -0.05) is 6.42 Å².